The van der Waals surface area contributed by atoms with Crippen LogP contribution in [0.25, 0.3) is 0 Å². The van der Waals surface area contributed by atoms with Crippen LogP contribution in [0, 0.1) is 0 Å². The largest absolute Gasteiger partial charge is 0.493 e. The second-order valence-corrected chi connectivity index (χ2v) is 6.24. The Labute approximate surface area is 152 Å². The van der Waals surface area contributed by atoms with Crippen LogP contribution in [0.5, 0.6) is 11.5 Å². The molecule has 0 heterocycles. The number of nitrogens with two attached hydrogens (primary N) is 1. The molecular formula is C20H22N2O4. The van der Waals surface area contributed by atoms with Crippen molar-refractivity contribution in [1.29, 1.82) is 0 Å². The van der Waals surface area contributed by atoms with Gasteiger partial charge in [-0.2, -0.15) is 0 Å². The highest BCUT2D eigenvalue weighted by Crippen LogP contribution is 2.31. The number of fused-ring (bicyclic) bond motifs is 1. The predicted molar refractivity (Wildman–Crippen MR) is 97.3 cm³/mol. The molecule has 0 saturated heterocycles. The fourth-order valence-corrected chi connectivity index (χ4v) is 3.22. The minimum absolute atomic E-state index is 0.00392. The molecule has 136 valence electrons. The number of rotatable bonds is 6. The summed E-state index contributed by atoms with van der Waals surface area (Å²) in [5, 5.41) is 3.10. The molecule has 3 rings (SSSR count). The summed E-state index contributed by atoms with van der Waals surface area (Å²) in [6.45, 7) is -0.249. The van der Waals surface area contributed by atoms with Crippen molar-refractivity contribution in [2.24, 2.45) is 5.73 Å². The lowest BCUT2D eigenvalue weighted by molar-refractivity contribution is -0.119. The van der Waals surface area contributed by atoms with Crippen molar-refractivity contribution in [3.05, 3.63) is 59.2 Å². The van der Waals surface area contributed by atoms with Gasteiger partial charge in [0.2, 0.25) is 0 Å². The molecule has 1 aliphatic rings. The Morgan fingerprint density at radius 2 is 2.00 bits per heavy atom. The quantitative estimate of drug-likeness (QED) is 0.833. The Hall–Kier alpha value is -3.02. The Kier molecular flexibility index (Phi) is 5.41. The standard InChI is InChI=1S/C20H22N2O4/c1-25-18-11-14(9-10-17(18)26-12-19(21)23)20(24)22-16-8-4-6-13-5-2-3-7-15(13)16/h2-3,5,7,9-11,16H,4,6,8,12H2,1H3,(H2,21,23)(H,22,24)/t16-/m1/s1. The maximum atomic E-state index is 12.7. The number of ether oxygens (including phenoxy) is 2. The van der Waals surface area contributed by atoms with Crippen molar-refractivity contribution in [3.8, 4) is 11.5 Å². The molecule has 6 nitrogen and oxygen atoms in total. The van der Waals surface area contributed by atoms with E-state index >= 15 is 0 Å². The summed E-state index contributed by atoms with van der Waals surface area (Å²) in [7, 11) is 1.48. The minimum atomic E-state index is -0.579. The van der Waals surface area contributed by atoms with E-state index in [1.807, 2.05) is 12.1 Å². The first-order valence-corrected chi connectivity index (χ1v) is 8.56. The van der Waals surface area contributed by atoms with Gasteiger partial charge in [0.1, 0.15) is 0 Å². The monoisotopic (exact) mass is 354 g/mol. The van der Waals surface area contributed by atoms with Crippen molar-refractivity contribution in [3.63, 3.8) is 0 Å². The molecule has 6 heteroatoms. The third-order valence-electron chi connectivity index (χ3n) is 4.47. The minimum Gasteiger partial charge on any atom is -0.493 e. The van der Waals surface area contributed by atoms with Crippen LogP contribution in [0.15, 0.2) is 42.5 Å². The molecule has 26 heavy (non-hydrogen) atoms. The summed E-state index contributed by atoms with van der Waals surface area (Å²) < 4.78 is 10.5. The molecule has 2 aromatic carbocycles. The van der Waals surface area contributed by atoms with E-state index < -0.39 is 5.91 Å². The summed E-state index contributed by atoms with van der Waals surface area (Å²) in [6.07, 6.45) is 3.01. The van der Waals surface area contributed by atoms with Gasteiger partial charge in [0, 0.05) is 5.56 Å². The molecule has 3 N–H and O–H groups in total. The molecule has 0 spiro atoms. The van der Waals surface area contributed by atoms with Crippen LogP contribution in [0.2, 0.25) is 0 Å². The van der Waals surface area contributed by atoms with E-state index in [2.05, 4.69) is 17.4 Å². The lowest BCUT2D eigenvalue weighted by Gasteiger charge is -2.26. The van der Waals surface area contributed by atoms with Crippen molar-refractivity contribution >= 4 is 11.8 Å². The summed E-state index contributed by atoms with van der Waals surface area (Å²) in [5.41, 5.74) is 8.02. The molecule has 0 fully saturated rings. The SMILES string of the molecule is COc1cc(C(=O)N[C@@H]2CCCc3ccccc32)ccc1OCC(N)=O. The average Bonchev–Trinajstić information content (AvgIpc) is 2.66. The van der Waals surface area contributed by atoms with E-state index in [1.54, 1.807) is 18.2 Å². The molecule has 0 aliphatic heterocycles. The third kappa shape index (κ3) is 3.96. The zero-order valence-electron chi connectivity index (χ0n) is 14.7. The van der Waals surface area contributed by atoms with Crippen LogP contribution in [0.4, 0.5) is 0 Å². The highest BCUT2D eigenvalue weighted by molar-refractivity contribution is 5.95. The van der Waals surface area contributed by atoms with Crippen LogP contribution in [-0.4, -0.2) is 25.5 Å². The predicted octanol–water partition coefficient (Wildman–Crippen LogP) is 2.37. The fourth-order valence-electron chi connectivity index (χ4n) is 3.22. The highest BCUT2D eigenvalue weighted by Gasteiger charge is 2.22. The number of benzene rings is 2. The Balaban J connectivity index is 1.75. The molecule has 2 aromatic rings. The smallest absolute Gasteiger partial charge is 0.255 e. The van der Waals surface area contributed by atoms with Crippen LogP contribution in [0.3, 0.4) is 0 Å². The number of aryl methyl sites for hydroxylation is 1. The topological polar surface area (TPSA) is 90.7 Å². The van der Waals surface area contributed by atoms with Crippen LogP contribution in [0.1, 0.15) is 40.4 Å². The number of hydrogen-bond donors (Lipinski definition) is 2. The first kappa shape index (κ1) is 17.8. The van der Waals surface area contributed by atoms with Gasteiger partial charge >= 0.3 is 0 Å². The molecule has 0 unspecified atom stereocenters. The number of nitrogens with one attached hydrogen (secondary N) is 1. The van der Waals surface area contributed by atoms with Gasteiger partial charge in [-0.05, 0) is 48.6 Å². The number of amides is 2. The molecule has 0 radical (unpaired) electrons. The number of primary amides is 1. The zero-order valence-corrected chi connectivity index (χ0v) is 14.7. The van der Waals surface area contributed by atoms with E-state index in [0.29, 0.717) is 17.1 Å². The van der Waals surface area contributed by atoms with Crippen molar-refractivity contribution in [2.45, 2.75) is 25.3 Å². The van der Waals surface area contributed by atoms with Crippen molar-refractivity contribution in [1.82, 2.24) is 5.32 Å². The Morgan fingerprint density at radius 1 is 1.19 bits per heavy atom. The molecule has 1 atom stereocenters. The van der Waals surface area contributed by atoms with Gasteiger partial charge in [0.05, 0.1) is 13.2 Å². The number of methoxy groups -OCH3 is 1. The molecule has 0 aromatic heterocycles. The summed E-state index contributed by atoms with van der Waals surface area (Å²) in [4.78, 5) is 23.5. The van der Waals surface area contributed by atoms with Crippen LogP contribution in [-0.2, 0) is 11.2 Å². The van der Waals surface area contributed by atoms with Crippen molar-refractivity contribution in [2.75, 3.05) is 13.7 Å². The Bertz CT molecular complexity index is 819. The van der Waals surface area contributed by atoms with E-state index in [9.17, 15) is 9.59 Å². The lowest BCUT2D eigenvalue weighted by atomic mass is 9.87. The molecular weight excluding hydrogens is 332 g/mol. The van der Waals surface area contributed by atoms with Gasteiger partial charge in [-0.3, -0.25) is 9.59 Å². The highest BCUT2D eigenvalue weighted by atomic mass is 16.5. The molecule has 2 amide bonds. The molecule has 0 bridgehead atoms. The third-order valence-corrected chi connectivity index (χ3v) is 4.47. The maximum absolute atomic E-state index is 12.7. The average molecular weight is 354 g/mol. The first-order valence-electron chi connectivity index (χ1n) is 8.56. The summed E-state index contributed by atoms with van der Waals surface area (Å²) >= 11 is 0. The summed E-state index contributed by atoms with van der Waals surface area (Å²) in [5.74, 6) is -0.00917. The Morgan fingerprint density at radius 3 is 2.77 bits per heavy atom. The zero-order chi connectivity index (χ0) is 18.5. The van der Waals surface area contributed by atoms with Gasteiger partial charge in [0.15, 0.2) is 18.1 Å². The first-order chi connectivity index (χ1) is 12.6. The lowest BCUT2D eigenvalue weighted by Crippen LogP contribution is -2.31. The summed E-state index contributed by atoms with van der Waals surface area (Å²) in [6, 6.07) is 13.1. The second-order valence-electron chi connectivity index (χ2n) is 6.24. The maximum Gasteiger partial charge on any atom is 0.255 e. The van der Waals surface area contributed by atoms with Gasteiger partial charge in [0.25, 0.3) is 11.8 Å². The van der Waals surface area contributed by atoms with E-state index in [-0.39, 0.29) is 18.6 Å². The van der Waals surface area contributed by atoms with Gasteiger partial charge in [-0.15, -0.1) is 0 Å². The van der Waals surface area contributed by atoms with Crippen LogP contribution >= 0.6 is 0 Å². The molecule has 1 aliphatic carbocycles. The fraction of sp³-hybridized carbons (Fsp3) is 0.300. The van der Waals surface area contributed by atoms with Crippen LogP contribution < -0.4 is 20.5 Å². The molecule has 0 saturated carbocycles. The van der Waals surface area contributed by atoms with E-state index in [4.69, 9.17) is 15.2 Å². The normalized spacial score (nSPS) is 15.7. The van der Waals surface area contributed by atoms with Gasteiger partial charge in [-0.1, -0.05) is 24.3 Å². The van der Waals surface area contributed by atoms with E-state index in [1.165, 1.54) is 18.2 Å². The van der Waals surface area contributed by atoms with Gasteiger partial charge < -0.3 is 20.5 Å². The second kappa shape index (κ2) is 7.91. The van der Waals surface area contributed by atoms with Crippen molar-refractivity contribution < 1.29 is 19.1 Å². The number of carbonyl (C=O) groups excluding carboxylic acids is 2. The number of carbonyl (C=O) groups is 2. The number of hydrogen-bond acceptors (Lipinski definition) is 4. The van der Waals surface area contributed by atoms with E-state index in [0.717, 1.165) is 19.3 Å². The van der Waals surface area contributed by atoms with Gasteiger partial charge in [-0.25, -0.2) is 0 Å².